The Morgan fingerprint density at radius 2 is 2.31 bits per heavy atom. The van der Waals surface area contributed by atoms with Gasteiger partial charge in [0.15, 0.2) is 5.12 Å². The number of rotatable bonds is 2. The number of carbonyl (C=O) groups excluding carboxylic acids is 1. The van der Waals surface area contributed by atoms with Gasteiger partial charge < -0.3 is 10.5 Å². The van der Waals surface area contributed by atoms with Crippen LogP contribution in [0.25, 0.3) is 0 Å². The lowest BCUT2D eigenvalue weighted by Gasteiger charge is -2.02. The SMILES string of the molecule is COc1ccc(N)c(C#CCSC(C)=O)c1. The highest BCUT2D eigenvalue weighted by Crippen LogP contribution is 2.18. The highest BCUT2D eigenvalue weighted by Gasteiger charge is 1.97. The molecule has 3 nitrogen and oxygen atoms in total. The molecule has 0 aliphatic carbocycles. The maximum atomic E-state index is 10.7. The minimum atomic E-state index is 0.0629. The van der Waals surface area contributed by atoms with Crippen LogP contribution in [0.1, 0.15) is 12.5 Å². The molecule has 0 atom stereocenters. The van der Waals surface area contributed by atoms with Crippen LogP contribution >= 0.6 is 11.8 Å². The van der Waals surface area contributed by atoms with Gasteiger partial charge in [0.05, 0.1) is 18.4 Å². The smallest absolute Gasteiger partial charge is 0.186 e. The zero-order valence-corrected chi connectivity index (χ0v) is 10.1. The van der Waals surface area contributed by atoms with Crippen molar-refractivity contribution in [2.45, 2.75) is 6.92 Å². The van der Waals surface area contributed by atoms with Gasteiger partial charge in [0.1, 0.15) is 5.75 Å². The van der Waals surface area contributed by atoms with E-state index < -0.39 is 0 Å². The molecule has 0 fully saturated rings. The zero-order chi connectivity index (χ0) is 12.0. The molecule has 0 bridgehead atoms. The average Bonchev–Trinajstić information content (AvgIpc) is 2.26. The number of carbonyl (C=O) groups is 1. The number of methoxy groups -OCH3 is 1. The summed E-state index contributed by atoms with van der Waals surface area (Å²) in [5.74, 6) is 6.99. The molecule has 0 unspecified atom stereocenters. The van der Waals surface area contributed by atoms with E-state index in [0.29, 0.717) is 11.4 Å². The van der Waals surface area contributed by atoms with Gasteiger partial charge in [0.25, 0.3) is 0 Å². The number of nitrogen functional groups attached to an aromatic ring is 1. The van der Waals surface area contributed by atoms with Crippen LogP contribution in [0, 0.1) is 11.8 Å². The third-order valence-electron chi connectivity index (χ3n) is 1.83. The van der Waals surface area contributed by atoms with Crippen molar-refractivity contribution < 1.29 is 9.53 Å². The Bertz CT molecular complexity index is 446. The lowest BCUT2D eigenvalue weighted by Crippen LogP contribution is -1.92. The van der Waals surface area contributed by atoms with Gasteiger partial charge in [-0.25, -0.2) is 0 Å². The van der Waals surface area contributed by atoms with Crippen molar-refractivity contribution in [3.63, 3.8) is 0 Å². The number of thioether (sulfide) groups is 1. The molecule has 0 radical (unpaired) electrons. The minimum Gasteiger partial charge on any atom is -0.497 e. The largest absolute Gasteiger partial charge is 0.497 e. The molecule has 0 spiro atoms. The van der Waals surface area contributed by atoms with Crippen LogP contribution in [-0.2, 0) is 4.79 Å². The third-order valence-corrected chi connectivity index (χ3v) is 2.53. The first-order valence-electron chi connectivity index (χ1n) is 4.69. The van der Waals surface area contributed by atoms with E-state index >= 15 is 0 Å². The molecule has 0 heterocycles. The average molecular weight is 235 g/mol. The van der Waals surface area contributed by atoms with E-state index in [-0.39, 0.29) is 5.12 Å². The number of anilines is 1. The van der Waals surface area contributed by atoms with Gasteiger partial charge in [0, 0.05) is 12.6 Å². The molecule has 4 heteroatoms. The second-order valence-corrected chi connectivity index (χ2v) is 4.19. The predicted octanol–water partition coefficient (Wildman–Crippen LogP) is 1.91. The van der Waals surface area contributed by atoms with Crippen LogP contribution in [0.5, 0.6) is 5.75 Å². The fraction of sp³-hybridized carbons (Fsp3) is 0.250. The van der Waals surface area contributed by atoms with Gasteiger partial charge in [-0.15, -0.1) is 0 Å². The fourth-order valence-corrected chi connectivity index (χ4v) is 1.39. The van der Waals surface area contributed by atoms with Crippen molar-refractivity contribution >= 4 is 22.6 Å². The van der Waals surface area contributed by atoms with E-state index in [1.165, 1.54) is 18.7 Å². The first-order valence-corrected chi connectivity index (χ1v) is 5.68. The van der Waals surface area contributed by atoms with Crippen LogP contribution in [0.15, 0.2) is 18.2 Å². The Hall–Kier alpha value is -1.60. The van der Waals surface area contributed by atoms with Crippen LogP contribution < -0.4 is 10.5 Å². The summed E-state index contributed by atoms with van der Waals surface area (Å²) in [6.07, 6.45) is 0. The van der Waals surface area contributed by atoms with E-state index in [9.17, 15) is 4.79 Å². The monoisotopic (exact) mass is 235 g/mol. The first-order chi connectivity index (χ1) is 7.63. The summed E-state index contributed by atoms with van der Waals surface area (Å²) in [7, 11) is 1.59. The topological polar surface area (TPSA) is 52.3 Å². The van der Waals surface area contributed by atoms with Crippen molar-refractivity contribution in [1.29, 1.82) is 0 Å². The Kier molecular flexibility index (Phi) is 4.74. The van der Waals surface area contributed by atoms with E-state index in [0.717, 1.165) is 11.3 Å². The maximum Gasteiger partial charge on any atom is 0.186 e. The van der Waals surface area contributed by atoms with Crippen molar-refractivity contribution in [2.24, 2.45) is 0 Å². The molecular weight excluding hydrogens is 222 g/mol. The summed E-state index contributed by atoms with van der Waals surface area (Å²) >= 11 is 1.18. The summed E-state index contributed by atoms with van der Waals surface area (Å²) in [5.41, 5.74) is 7.09. The van der Waals surface area contributed by atoms with E-state index in [1.807, 2.05) is 0 Å². The highest BCUT2D eigenvalue weighted by atomic mass is 32.2. The van der Waals surface area contributed by atoms with Crippen LogP contribution in [0.2, 0.25) is 0 Å². The van der Waals surface area contributed by atoms with Crippen molar-refractivity contribution in [3.8, 4) is 17.6 Å². The molecular formula is C12H13NO2S. The summed E-state index contributed by atoms with van der Waals surface area (Å²) in [5, 5.41) is 0.0629. The molecule has 0 aliphatic heterocycles. The van der Waals surface area contributed by atoms with Gasteiger partial charge in [-0.1, -0.05) is 23.6 Å². The fourth-order valence-electron chi connectivity index (χ4n) is 1.04. The number of hydrogen-bond donors (Lipinski definition) is 1. The standard InChI is InChI=1S/C12H13NO2S/c1-9(14)16-7-3-4-10-8-11(15-2)5-6-12(10)13/h5-6,8H,7,13H2,1-2H3. The predicted molar refractivity (Wildman–Crippen MR) is 67.4 cm³/mol. The van der Waals surface area contributed by atoms with Gasteiger partial charge in [-0.05, 0) is 18.2 Å². The lowest BCUT2D eigenvalue weighted by molar-refractivity contribution is -0.109. The molecule has 84 valence electrons. The second-order valence-electron chi connectivity index (χ2n) is 3.04. The molecule has 0 aromatic heterocycles. The van der Waals surface area contributed by atoms with Gasteiger partial charge >= 0.3 is 0 Å². The molecule has 0 saturated heterocycles. The van der Waals surface area contributed by atoms with Crippen LogP contribution in [0.4, 0.5) is 5.69 Å². The third kappa shape index (κ3) is 3.87. The number of nitrogens with two attached hydrogens (primary N) is 1. The minimum absolute atomic E-state index is 0.0629. The van der Waals surface area contributed by atoms with Crippen molar-refractivity contribution in [3.05, 3.63) is 23.8 Å². The Morgan fingerprint density at radius 3 is 2.94 bits per heavy atom. The van der Waals surface area contributed by atoms with E-state index in [4.69, 9.17) is 10.5 Å². The quantitative estimate of drug-likeness (QED) is 0.628. The van der Waals surface area contributed by atoms with Gasteiger partial charge in [0.2, 0.25) is 0 Å². The number of hydrogen-bond acceptors (Lipinski definition) is 4. The van der Waals surface area contributed by atoms with Crippen molar-refractivity contribution in [1.82, 2.24) is 0 Å². The van der Waals surface area contributed by atoms with Crippen LogP contribution in [-0.4, -0.2) is 18.0 Å². The normalized spacial score (nSPS) is 9.12. The Balaban J connectivity index is 2.75. The van der Waals surface area contributed by atoms with Crippen molar-refractivity contribution in [2.75, 3.05) is 18.6 Å². The van der Waals surface area contributed by atoms with Gasteiger partial charge in [-0.3, -0.25) is 4.79 Å². The zero-order valence-electron chi connectivity index (χ0n) is 9.24. The summed E-state index contributed by atoms with van der Waals surface area (Å²) < 4.78 is 5.07. The van der Waals surface area contributed by atoms with E-state index in [1.54, 1.807) is 25.3 Å². The maximum absolute atomic E-state index is 10.7. The summed E-state index contributed by atoms with van der Waals surface area (Å²) in [6.45, 7) is 1.52. The first kappa shape index (κ1) is 12.5. The summed E-state index contributed by atoms with van der Waals surface area (Å²) in [4.78, 5) is 10.7. The molecule has 1 aromatic rings. The highest BCUT2D eigenvalue weighted by molar-refractivity contribution is 8.13. The molecule has 16 heavy (non-hydrogen) atoms. The Morgan fingerprint density at radius 1 is 1.56 bits per heavy atom. The van der Waals surface area contributed by atoms with E-state index in [2.05, 4.69) is 11.8 Å². The molecule has 1 aromatic carbocycles. The number of ether oxygens (including phenoxy) is 1. The van der Waals surface area contributed by atoms with Crippen LogP contribution in [0.3, 0.4) is 0 Å². The molecule has 1 rings (SSSR count). The molecule has 0 aliphatic rings. The second kappa shape index (κ2) is 6.09. The number of benzene rings is 1. The molecule has 2 N–H and O–H groups in total. The summed E-state index contributed by atoms with van der Waals surface area (Å²) in [6, 6.07) is 5.31. The molecule has 0 saturated carbocycles. The van der Waals surface area contributed by atoms with Gasteiger partial charge in [-0.2, -0.15) is 0 Å². The lowest BCUT2D eigenvalue weighted by atomic mass is 10.2. The molecule has 0 amide bonds. The Labute approximate surface area is 99.4 Å².